The lowest BCUT2D eigenvalue weighted by molar-refractivity contribution is 0.368. The molecule has 1 saturated carbocycles. The highest BCUT2D eigenvalue weighted by atomic mass is 16.5. The second-order valence-corrected chi connectivity index (χ2v) is 4.52. The van der Waals surface area contributed by atoms with Crippen molar-refractivity contribution in [1.29, 1.82) is 0 Å². The predicted octanol–water partition coefficient (Wildman–Crippen LogP) is 1.70. The van der Waals surface area contributed by atoms with Gasteiger partial charge in [-0.15, -0.1) is 0 Å². The fourth-order valence-electron chi connectivity index (χ4n) is 1.80. The number of hydrogen-bond acceptors (Lipinski definition) is 4. The van der Waals surface area contributed by atoms with Gasteiger partial charge >= 0.3 is 0 Å². The fourth-order valence-corrected chi connectivity index (χ4v) is 1.80. The Kier molecular flexibility index (Phi) is 3.36. The molecule has 84 valence electrons. The van der Waals surface area contributed by atoms with E-state index in [1.807, 2.05) is 6.92 Å². The number of nitrogens with one attached hydrogen (secondary N) is 1. The van der Waals surface area contributed by atoms with Gasteiger partial charge in [0, 0.05) is 19.0 Å². The van der Waals surface area contributed by atoms with Crippen LogP contribution >= 0.6 is 0 Å². The Morgan fingerprint density at radius 3 is 2.93 bits per heavy atom. The molecule has 0 aliphatic heterocycles. The molecule has 0 radical (unpaired) electrons. The molecule has 1 fully saturated rings. The maximum absolute atomic E-state index is 5.04. The number of nitrogens with zero attached hydrogens (tertiary/aromatic N) is 2. The summed E-state index contributed by atoms with van der Waals surface area (Å²) in [4.78, 5) is 4.16. The Balaban J connectivity index is 1.61. The van der Waals surface area contributed by atoms with E-state index in [1.54, 1.807) is 0 Å². The highest BCUT2D eigenvalue weighted by Gasteiger charge is 2.23. The predicted molar refractivity (Wildman–Crippen MR) is 57.5 cm³/mol. The van der Waals surface area contributed by atoms with Crippen molar-refractivity contribution >= 4 is 0 Å². The number of aromatic nitrogens is 2. The number of aryl methyl sites for hydroxylation is 1. The van der Waals surface area contributed by atoms with Crippen molar-refractivity contribution in [2.24, 2.45) is 5.92 Å². The minimum atomic E-state index is 0.613. The molecule has 1 unspecified atom stereocenters. The molecule has 4 nitrogen and oxygen atoms in total. The second kappa shape index (κ2) is 4.75. The largest absolute Gasteiger partial charge is 0.339 e. The molecule has 1 N–H and O–H groups in total. The molecule has 1 aliphatic rings. The molecule has 1 heterocycles. The number of hydrogen-bond donors (Lipinski definition) is 1. The van der Waals surface area contributed by atoms with Gasteiger partial charge in [-0.05, 0) is 26.2 Å². The summed E-state index contributed by atoms with van der Waals surface area (Å²) >= 11 is 0. The molecule has 0 aromatic carbocycles. The van der Waals surface area contributed by atoms with E-state index >= 15 is 0 Å². The molecule has 0 saturated heterocycles. The minimum absolute atomic E-state index is 0.613. The summed E-state index contributed by atoms with van der Waals surface area (Å²) in [6.07, 6.45) is 4.99. The zero-order valence-electron chi connectivity index (χ0n) is 9.49. The highest BCUT2D eigenvalue weighted by Crippen LogP contribution is 2.33. The Morgan fingerprint density at radius 1 is 1.53 bits per heavy atom. The van der Waals surface area contributed by atoms with Gasteiger partial charge in [0.2, 0.25) is 5.89 Å². The first-order valence-electron chi connectivity index (χ1n) is 5.76. The third-order valence-electron chi connectivity index (χ3n) is 2.79. The van der Waals surface area contributed by atoms with Crippen LogP contribution in [0.15, 0.2) is 4.52 Å². The summed E-state index contributed by atoms with van der Waals surface area (Å²) in [5, 5.41) is 7.24. The Bertz CT molecular complexity index is 307. The van der Waals surface area contributed by atoms with Crippen LogP contribution in [0.2, 0.25) is 0 Å². The van der Waals surface area contributed by atoms with E-state index < -0.39 is 0 Å². The van der Waals surface area contributed by atoms with Crippen LogP contribution < -0.4 is 5.32 Å². The molecule has 0 amide bonds. The normalized spacial score (nSPS) is 18.0. The standard InChI is InChI=1S/C11H19N3O/c1-8(7-10-3-4-10)12-6-5-11-13-9(2)14-15-11/h8,10,12H,3-7H2,1-2H3. The molecule has 2 rings (SSSR count). The van der Waals surface area contributed by atoms with Crippen molar-refractivity contribution in [3.05, 3.63) is 11.7 Å². The molecular formula is C11H19N3O. The van der Waals surface area contributed by atoms with E-state index in [4.69, 9.17) is 4.52 Å². The zero-order valence-corrected chi connectivity index (χ0v) is 9.49. The van der Waals surface area contributed by atoms with Gasteiger partial charge in [0.25, 0.3) is 0 Å². The van der Waals surface area contributed by atoms with Gasteiger partial charge in [0.05, 0.1) is 0 Å². The third kappa shape index (κ3) is 3.63. The van der Waals surface area contributed by atoms with Crippen LogP contribution in [0.5, 0.6) is 0 Å². The topological polar surface area (TPSA) is 51.0 Å². The van der Waals surface area contributed by atoms with E-state index in [0.29, 0.717) is 6.04 Å². The van der Waals surface area contributed by atoms with Crippen molar-refractivity contribution < 1.29 is 4.52 Å². The molecule has 15 heavy (non-hydrogen) atoms. The number of rotatable bonds is 6. The highest BCUT2D eigenvalue weighted by molar-refractivity contribution is 4.84. The average molecular weight is 209 g/mol. The fraction of sp³-hybridized carbons (Fsp3) is 0.818. The molecule has 1 atom stereocenters. The van der Waals surface area contributed by atoms with Gasteiger partial charge in [-0.1, -0.05) is 18.0 Å². The average Bonchev–Trinajstić information content (AvgIpc) is 2.89. The van der Waals surface area contributed by atoms with E-state index in [-0.39, 0.29) is 0 Å². The molecule has 0 spiro atoms. The SMILES string of the molecule is Cc1noc(CCNC(C)CC2CC2)n1. The van der Waals surface area contributed by atoms with E-state index in [0.717, 1.165) is 30.6 Å². The molecule has 1 aromatic heterocycles. The van der Waals surface area contributed by atoms with Crippen molar-refractivity contribution in [3.8, 4) is 0 Å². The van der Waals surface area contributed by atoms with Crippen LogP contribution in [0.3, 0.4) is 0 Å². The Morgan fingerprint density at radius 2 is 2.33 bits per heavy atom. The summed E-state index contributed by atoms with van der Waals surface area (Å²) in [5.74, 6) is 2.44. The third-order valence-corrected chi connectivity index (χ3v) is 2.79. The quantitative estimate of drug-likeness (QED) is 0.774. The van der Waals surface area contributed by atoms with E-state index in [1.165, 1.54) is 19.3 Å². The van der Waals surface area contributed by atoms with Gasteiger partial charge in [-0.25, -0.2) is 0 Å². The van der Waals surface area contributed by atoms with Crippen LogP contribution in [0.4, 0.5) is 0 Å². The van der Waals surface area contributed by atoms with Crippen LogP contribution in [0, 0.1) is 12.8 Å². The van der Waals surface area contributed by atoms with Crippen LogP contribution in [-0.2, 0) is 6.42 Å². The molecule has 1 aliphatic carbocycles. The van der Waals surface area contributed by atoms with Gasteiger partial charge in [-0.3, -0.25) is 0 Å². The first-order valence-corrected chi connectivity index (χ1v) is 5.76. The van der Waals surface area contributed by atoms with E-state index in [2.05, 4.69) is 22.4 Å². The Hall–Kier alpha value is -0.900. The smallest absolute Gasteiger partial charge is 0.227 e. The summed E-state index contributed by atoms with van der Waals surface area (Å²) in [7, 11) is 0. The van der Waals surface area contributed by atoms with Crippen molar-refractivity contribution in [3.63, 3.8) is 0 Å². The first kappa shape index (κ1) is 10.6. The van der Waals surface area contributed by atoms with Crippen LogP contribution in [0.25, 0.3) is 0 Å². The first-order chi connectivity index (χ1) is 7.24. The second-order valence-electron chi connectivity index (χ2n) is 4.52. The van der Waals surface area contributed by atoms with Crippen LogP contribution in [-0.4, -0.2) is 22.7 Å². The molecule has 4 heteroatoms. The summed E-state index contributed by atoms with van der Waals surface area (Å²) in [6.45, 7) is 5.02. The van der Waals surface area contributed by atoms with Crippen molar-refractivity contribution in [2.75, 3.05) is 6.54 Å². The zero-order chi connectivity index (χ0) is 10.7. The lowest BCUT2D eigenvalue weighted by Gasteiger charge is -2.11. The van der Waals surface area contributed by atoms with Crippen molar-refractivity contribution in [1.82, 2.24) is 15.5 Å². The molecular weight excluding hydrogens is 190 g/mol. The van der Waals surface area contributed by atoms with Gasteiger partial charge in [-0.2, -0.15) is 4.98 Å². The maximum Gasteiger partial charge on any atom is 0.227 e. The monoisotopic (exact) mass is 209 g/mol. The molecule has 0 bridgehead atoms. The summed E-state index contributed by atoms with van der Waals surface area (Å²) < 4.78 is 5.04. The summed E-state index contributed by atoms with van der Waals surface area (Å²) in [6, 6.07) is 0.613. The van der Waals surface area contributed by atoms with Gasteiger partial charge in [0.1, 0.15) is 0 Å². The molecule has 1 aromatic rings. The summed E-state index contributed by atoms with van der Waals surface area (Å²) in [5.41, 5.74) is 0. The minimum Gasteiger partial charge on any atom is -0.339 e. The lowest BCUT2D eigenvalue weighted by Crippen LogP contribution is -2.28. The van der Waals surface area contributed by atoms with Crippen molar-refractivity contribution in [2.45, 2.75) is 45.6 Å². The lowest BCUT2D eigenvalue weighted by atomic mass is 10.1. The maximum atomic E-state index is 5.04. The van der Waals surface area contributed by atoms with Crippen LogP contribution in [0.1, 0.15) is 37.9 Å². The van der Waals surface area contributed by atoms with Gasteiger partial charge in [0.15, 0.2) is 5.82 Å². The Labute approximate surface area is 90.4 Å². The van der Waals surface area contributed by atoms with E-state index in [9.17, 15) is 0 Å². The van der Waals surface area contributed by atoms with Gasteiger partial charge < -0.3 is 9.84 Å².